The van der Waals surface area contributed by atoms with Crippen molar-refractivity contribution in [1.29, 1.82) is 0 Å². The van der Waals surface area contributed by atoms with Crippen molar-refractivity contribution in [3.05, 3.63) is 12.7 Å². The number of hydrogen-bond donors (Lipinski definition) is 3. The molecule has 3 N–H and O–H groups in total. The normalized spacial score (nSPS) is 18.8. The largest absolute Gasteiger partial charge is 0.435 e. The fourth-order valence-corrected chi connectivity index (χ4v) is 9.86. The summed E-state index contributed by atoms with van der Waals surface area (Å²) in [5.74, 6) is -3.44. The van der Waals surface area contributed by atoms with Gasteiger partial charge in [0, 0.05) is 11.6 Å². The third-order valence-electron chi connectivity index (χ3n) is 3.63. The van der Waals surface area contributed by atoms with E-state index in [0.717, 1.165) is 6.08 Å². The van der Waals surface area contributed by atoms with Crippen molar-refractivity contribution in [2.45, 2.75) is 76.5 Å². The molecule has 1 radical (unpaired) electrons. The lowest BCUT2D eigenvalue weighted by atomic mass is 9.89. The maximum atomic E-state index is 11.6. The Morgan fingerprint density at radius 3 is 1.85 bits per heavy atom. The molecule has 0 saturated carbocycles. The van der Waals surface area contributed by atoms with Crippen molar-refractivity contribution in [2.24, 2.45) is 0 Å². The van der Waals surface area contributed by atoms with Crippen molar-refractivity contribution in [3.63, 3.8) is 0 Å². The number of ether oxygens (including phenoxy) is 1. The lowest BCUT2D eigenvalue weighted by Gasteiger charge is -2.46. The Kier molecular flexibility index (Phi) is 9.12. The first-order valence-electron chi connectivity index (χ1n) is 8.69. The number of rotatable bonds is 11. The maximum absolute atomic E-state index is 11.6. The lowest BCUT2D eigenvalue weighted by molar-refractivity contribution is -0.294. The molecule has 0 fully saturated rings. The third-order valence-corrected chi connectivity index (χ3v) is 11.7. The Bertz CT molecular complexity index is 469. The van der Waals surface area contributed by atoms with Crippen LogP contribution in [0.3, 0.4) is 0 Å². The van der Waals surface area contributed by atoms with Crippen molar-refractivity contribution in [3.8, 4) is 0 Å². The second kappa shape index (κ2) is 9.24. The Hall–Kier alpha value is -0.339. The second-order valence-electron chi connectivity index (χ2n) is 8.42. The number of aliphatic hydroxyl groups excluding tert-OH is 1. The van der Waals surface area contributed by atoms with Crippen LogP contribution in [0, 0.1) is 0 Å². The van der Waals surface area contributed by atoms with Gasteiger partial charge in [-0.05, 0) is 52.6 Å². The van der Waals surface area contributed by atoms with Gasteiger partial charge in [-0.1, -0.05) is 13.5 Å². The average molecular weight is 424 g/mol. The van der Waals surface area contributed by atoms with Gasteiger partial charge in [0.05, 0.1) is 0 Å². The number of carbonyl (C=O) groups is 1. The van der Waals surface area contributed by atoms with Gasteiger partial charge in [0.15, 0.2) is 16.6 Å². The molecule has 10 heteroatoms. The summed E-state index contributed by atoms with van der Waals surface area (Å²) < 4.78 is 17.4. The van der Waals surface area contributed by atoms with Crippen LogP contribution >= 0.6 is 0 Å². The minimum Gasteiger partial charge on any atom is -0.435 e. The predicted octanol–water partition coefficient (Wildman–Crippen LogP) is 2.12. The third kappa shape index (κ3) is 7.35. The van der Waals surface area contributed by atoms with E-state index in [2.05, 4.69) is 6.58 Å². The van der Waals surface area contributed by atoms with Crippen LogP contribution in [0.15, 0.2) is 12.7 Å². The van der Waals surface area contributed by atoms with Crippen LogP contribution in [0.25, 0.3) is 0 Å². The molecular formula is C16H35O7Si3. The minimum atomic E-state index is -2.50. The molecule has 0 aliphatic heterocycles. The van der Waals surface area contributed by atoms with Crippen molar-refractivity contribution >= 4 is 31.9 Å². The molecule has 0 rings (SSSR count). The number of carbonyl (C=O) groups excluding carboxylic acids is 1. The van der Waals surface area contributed by atoms with Gasteiger partial charge in [0.2, 0.25) is 0 Å². The van der Waals surface area contributed by atoms with Gasteiger partial charge in [0.25, 0.3) is 5.79 Å². The van der Waals surface area contributed by atoms with Gasteiger partial charge < -0.3 is 28.3 Å². The van der Waals surface area contributed by atoms with E-state index in [1.165, 1.54) is 6.92 Å². The minimum absolute atomic E-state index is 0.407. The topological polar surface area (TPSA) is 105 Å². The van der Waals surface area contributed by atoms with E-state index >= 15 is 0 Å². The maximum Gasteiger partial charge on any atom is 0.369 e. The first-order valence-corrected chi connectivity index (χ1v) is 16.9. The molecule has 0 aromatic heterocycles. The monoisotopic (exact) mass is 423 g/mol. The van der Waals surface area contributed by atoms with Crippen LogP contribution < -0.4 is 0 Å². The Balaban J connectivity index is 5.99. The lowest BCUT2D eigenvalue weighted by Crippen LogP contribution is -2.63. The van der Waals surface area contributed by atoms with Crippen molar-refractivity contribution in [2.75, 3.05) is 6.61 Å². The van der Waals surface area contributed by atoms with Crippen LogP contribution in [0.1, 0.15) is 20.3 Å². The molecule has 3 unspecified atom stereocenters. The van der Waals surface area contributed by atoms with Crippen LogP contribution in [-0.4, -0.2) is 65.2 Å². The highest BCUT2D eigenvalue weighted by Gasteiger charge is 2.58. The second-order valence-corrected chi connectivity index (χ2v) is 19.8. The fraction of sp³-hybridized carbons (Fsp3) is 0.812. The zero-order valence-corrected chi connectivity index (χ0v) is 20.3. The summed E-state index contributed by atoms with van der Waals surface area (Å²) in [4.78, 5) is 11.6. The molecule has 3 atom stereocenters. The molecule has 0 aromatic carbocycles. The Labute approximate surface area is 161 Å². The standard InChI is InChI=1S/C16H35O7Si3/c1-10-13(24(22-25(4,5)6)23-26(7,8)9)15(3,19)16(20,12-17)21-14(18)11-2/h11,13,17,19-20H,2,10,12H2,1,3-9H3. The van der Waals surface area contributed by atoms with Crippen LogP contribution in [0.5, 0.6) is 0 Å². The Morgan fingerprint density at radius 1 is 1.15 bits per heavy atom. The van der Waals surface area contributed by atoms with E-state index in [4.69, 9.17) is 13.0 Å². The summed E-state index contributed by atoms with van der Waals surface area (Å²) in [6.07, 6.45) is 1.27. The molecule has 0 amide bonds. The van der Waals surface area contributed by atoms with E-state index in [-0.39, 0.29) is 0 Å². The number of esters is 1. The highest BCUT2D eigenvalue weighted by molar-refractivity contribution is 6.81. The van der Waals surface area contributed by atoms with Crippen LogP contribution in [0.2, 0.25) is 44.8 Å². The van der Waals surface area contributed by atoms with Gasteiger partial charge in [-0.25, -0.2) is 4.79 Å². The first-order chi connectivity index (χ1) is 11.5. The summed E-state index contributed by atoms with van der Waals surface area (Å²) in [6.45, 7) is 17.6. The summed E-state index contributed by atoms with van der Waals surface area (Å²) in [6, 6.07) is 0. The van der Waals surface area contributed by atoms with Crippen molar-refractivity contribution < 1.29 is 33.1 Å². The molecule has 0 aliphatic carbocycles. The van der Waals surface area contributed by atoms with E-state index in [1.807, 2.05) is 46.2 Å². The van der Waals surface area contributed by atoms with E-state index < -0.39 is 55.4 Å². The fourth-order valence-electron chi connectivity index (χ4n) is 2.34. The molecule has 7 nitrogen and oxygen atoms in total. The molecule has 26 heavy (non-hydrogen) atoms. The number of hydrogen-bond acceptors (Lipinski definition) is 7. The molecule has 0 aromatic rings. The van der Waals surface area contributed by atoms with E-state index in [1.54, 1.807) is 0 Å². The summed E-state index contributed by atoms with van der Waals surface area (Å²) in [5, 5.41) is 31.6. The highest BCUT2D eigenvalue weighted by Crippen LogP contribution is 2.41. The molecule has 0 spiro atoms. The van der Waals surface area contributed by atoms with Crippen LogP contribution in [0.4, 0.5) is 0 Å². The van der Waals surface area contributed by atoms with Gasteiger partial charge >= 0.3 is 15.3 Å². The van der Waals surface area contributed by atoms with Crippen LogP contribution in [-0.2, 0) is 17.8 Å². The SMILES string of the molecule is C=CC(=O)OC(O)(CO)C(C)(O)C(CC)[Si](O[Si](C)(C)C)O[Si](C)(C)C. The smallest absolute Gasteiger partial charge is 0.369 e. The summed E-state index contributed by atoms with van der Waals surface area (Å²) in [5.41, 5.74) is -2.64. The van der Waals surface area contributed by atoms with Gasteiger partial charge in [0.1, 0.15) is 12.2 Å². The quantitative estimate of drug-likeness (QED) is 0.202. The number of aliphatic hydroxyl groups is 3. The van der Waals surface area contributed by atoms with Gasteiger partial charge in [-0.15, -0.1) is 0 Å². The van der Waals surface area contributed by atoms with Gasteiger partial charge in [-0.2, -0.15) is 0 Å². The van der Waals surface area contributed by atoms with Crippen molar-refractivity contribution in [1.82, 2.24) is 0 Å². The summed E-state index contributed by atoms with van der Waals surface area (Å²) >= 11 is 0. The Morgan fingerprint density at radius 2 is 1.58 bits per heavy atom. The summed E-state index contributed by atoms with van der Waals surface area (Å²) in [7, 11) is -6.10. The molecule has 0 saturated heterocycles. The first kappa shape index (κ1) is 25.7. The zero-order chi connectivity index (χ0) is 21.0. The van der Waals surface area contributed by atoms with E-state index in [0.29, 0.717) is 6.42 Å². The molecule has 0 bridgehead atoms. The average Bonchev–Trinajstić information content (AvgIpc) is 2.43. The highest BCUT2D eigenvalue weighted by atomic mass is 28.4. The van der Waals surface area contributed by atoms with Gasteiger partial charge in [-0.3, -0.25) is 0 Å². The van der Waals surface area contributed by atoms with E-state index in [9.17, 15) is 20.1 Å². The molecule has 153 valence electrons. The molecule has 0 heterocycles. The zero-order valence-electron chi connectivity index (χ0n) is 17.3. The predicted molar refractivity (Wildman–Crippen MR) is 108 cm³/mol. The molecular weight excluding hydrogens is 388 g/mol. The molecule has 0 aliphatic rings.